The van der Waals surface area contributed by atoms with Gasteiger partial charge >= 0.3 is 6.09 Å². The van der Waals surface area contributed by atoms with Crippen LogP contribution in [0.4, 0.5) is 9.18 Å². The van der Waals surface area contributed by atoms with E-state index in [1.54, 1.807) is 18.7 Å². The maximum absolute atomic E-state index is 16.7. The van der Waals surface area contributed by atoms with Crippen molar-refractivity contribution in [3.05, 3.63) is 30.5 Å². The summed E-state index contributed by atoms with van der Waals surface area (Å²) < 4.78 is 37.9. The van der Waals surface area contributed by atoms with E-state index < -0.39 is 41.8 Å². The first-order chi connectivity index (χ1) is 24.0. The molecular weight excluding hydrogens is 643 g/mol. The highest BCUT2D eigenvalue weighted by Gasteiger charge is 2.62. The van der Waals surface area contributed by atoms with Crippen LogP contribution in [0.5, 0.6) is 0 Å². The van der Waals surface area contributed by atoms with E-state index in [-0.39, 0.29) is 54.2 Å². The molecule has 1 aromatic rings. The highest BCUT2D eigenvalue weighted by Crippen LogP contribution is 2.53. The van der Waals surface area contributed by atoms with Gasteiger partial charge in [-0.15, -0.1) is 0 Å². The number of ketones is 1. The lowest BCUT2D eigenvalue weighted by Crippen LogP contribution is -2.73. The van der Waals surface area contributed by atoms with Crippen molar-refractivity contribution in [2.24, 2.45) is 17.8 Å². The summed E-state index contributed by atoms with van der Waals surface area (Å²) in [5.41, 5.74) is -0.496. The predicted molar refractivity (Wildman–Crippen MR) is 181 cm³/mol. The zero-order valence-corrected chi connectivity index (χ0v) is 29.5. The molecule has 5 heterocycles. The average Bonchev–Trinajstić information content (AvgIpc) is 3.83. The molecule has 12 nitrogen and oxygen atoms in total. The van der Waals surface area contributed by atoms with Crippen LogP contribution in [0.25, 0.3) is 0 Å². The van der Waals surface area contributed by atoms with Crippen molar-refractivity contribution >= 4 is 17.8 Å². The van der Waals surface area contributed by atoms with E-state index in [0.717, 1.165) is 19.3 Å². The monoisotopic (exact) mass is 696 g/mol. The number of aromatic nitrogens is 2. The van der Waals surface area contributed by atoms with Crippen LogP contribution in [0, 0.1) is 17.8 Å². The minimum Gasteiger partial charge on any atom is -0.444 e. The molecule has 0 radical (unpaired) electrons. The zero-order chi connectivity index (χ0) is 34.7. The third kappa shape index (κ3) is 6.46. The van der Waals surface area contributed by atoms with Gasteiger partial charge in [0.05, 0.1) is 54.4 Å². The minimum absolute atomic E-state index is 0.0283. The molecule has 0 aromatic carbocycles. The summed E-state index contributed by atoms with van der Waals surface area (Å²) in [5, 5.41) is 5.94. The van der Waals surface area contributed by atoms with Crippen molar-refractivity contribution in [2.75, 3.05) is 19.6 Å². The highest BCUT2D eigenvalue weighted by molar-refractivity contribution is 6.20. The molecule has 7 aliphatic rings. The fourth-order valence-electron chi connectivity index (χ4n) is 10.4. The normalized spacial score (nSPS) is 39.5. The number of alkyl halides is 1. The molecule has 3 aliphatic carbocycles. The molecule has 2 amide bonds. The summed E-state index contributed by atoms with van der Waals surface area (Å²) in [5.74, 6) is -0.454. The number of aryl methyl sites for hydroxylation is 1. The summed E-state index contributed by atoms with van der Waals surface area (Å²) >= 11 is 0. The number of amides is 2. The Balaban J connectivity index is 1.04. The number of alkyl carbamates (subject to hydrolysis) is 1. The van der Waals surface area contributed by atoms with Crippen molar-refractivity contribution in [1.29, 1.82) is 0 Å². The quantitative estimate of drug-likeness (QED) is 0.326. The SMILES string of the molecule is CC(C)(C)OC(=O)NC1CCN(C2C(F)CC3C(=O)C(C(=O)NCCCn4ccnc4)=CN4C5CC6OC7CCCCC7C6CC5OC2C34)C1. The fourth-order valence-corrected chi connectivity index (χ4v) is 10.4. The van der Waals surface area contributed by atoms with Gasteiger partial charge in [0.2, 0.25) is 0 Å². The first-order valence-electron chi connectivity index (χ1n) is 19.0. The number of nitrogens with zero attached hydrogens (tertiary/aromatic N) is 4. The molecule has 50 heavy (non-hydrogen) atoms. The van der Waals surface area contributed by atoms with Crippen LogP contribution >= 0.6 is 0 Å². The van der Waals surface area contributed by atoms with E-state index in [0.29, 0.717) is 50.9 Å². The van der Waals surface area contributed by atoms with Gasteiger partial charge in [-0.05, 0) is 77.6 Å². The maximum atomic E-state index is 16.7. The summed E-state index contributed by atoms with van der Waals surface area (Å²) in [6, 6.07) is -1.18. The molecule has 12 atom stereocenters. The van der Waals surface area contributed by atoms with Crippen LogP contribution in [-0.4, -0.2) is 117 Å². The van der Waals surface area contributed by atoms with Gasteiger partial charge < -0.3 is 34.3 Å². The number of ether oxygens (including phenoxy) is 3. The number of fused-ring (bicyclic) bond motifs is 5. The number of halogens is 1. The molecule has 8 rings (SSSR count). The lowest BCUT2D eigenvalue weighted by atomic mass is 9.67. The Labute approximate surface area is 293 Å². The molecule has 0 bridgehead atoms. The number of carbonyl (C=O) groups is 3. The summed E-state index contributed by atoms with van der Waals surface area (Å²) in [4.78, 5) is 48.8. The lowest BCUT2D eigenvalue weighted by molar-refractivity contribution is -0.220. The second-order valence-corrected chi connectivity index (χ2v) is 16.7. The molecule has 6 fully saturated rings. The first kappa shape index (κ1) is 34.1. The molecule has 274 valence electrons. The second-order valence-electron chi connectivity index (χ2n) is 16.7. The van der Waals surface area contributed by atoms with Crippen LogP contribution in [0.2, 0.25) is 0 Å². The van der Waals surface area contributed by atoms with Gasteiger partial charge in [-0.1, -0.05) is 12.8 Å². The Kier molecular flexibility index (Phi) is 9.20. The lowest BCUT2D eigenvalue weighted by Gasteiger charge is -2.61. The second kappa shape index (κ2) is 13.5. The van der Waals surface area contributed by atoms with Crippen molar-refractivity contribution in [3.8, 4) is 0 Å². The molecule has 1 aromatic heterocycles. The molecule has 13 heteroatoms. The zero-order valence-electron chi connectivity index (χ0n) is 29.5. The summed E-state index contributed by atoms with van der Waals surface area (Å²) in [6.45, 7) is 7.69. The van der Waals surface area contributed by atoms with Gasteiger partial charge in [-0.3, -0.25) is 14.5 Å². The van der Waals surface area contributed by atoms with Gasteiger partial charge in [0.1, 0.15) is 11.8 Å². The Bertz CT molecular complexity index is 1470. The number of hydrogen-bond acceptors (Lipinski definition) is 9. The van der Waals surface area contributed by atoms with E-state index in [2.05, 4.69) is 25.4 Å². The third-order valence-electron chi connectivity index (χ3n) is 12.5. The summed E-state index contributed by atoms with van der Waals surface area (Å²) in [6.07, 6.45) is 12.8. The predicted octanol–water partition coefficient (Wildman–Crippen LogP) is 3.36. The minimum atomic E-state index is -1.32. The van der Waals surface area contributed by atoms with Crippen molar-refractivity contribution in [1.82, 2.24) is 30.0 Å². The molecule has 0 spiro atoms. The van der Waals surface area contributed by atoms with Crippen LogP contribution < -0.4 is 10.6 Å². The topological polar surface area (TPSA) is 127 Å². The Hall–Kier alpha value is -3.03. The van der Waals surface area contributed by atoms with Crippen LogP contribution in [0.3, 0.4) is 0 Å². The number of imidazole rings is 1. The number of likely N-dealkylation sites (tertiary alicyclic amines) is 1. The number of nitrogens with one attached hydrogen (secondary N) is 2. The fraction of sp³-hybridized carbons (Fsp3) is 0.784. The number of hydrogen-bond donors (Lipinski definition) is 2. The molecular formula is C37H53FN6O6. The van der Waals surface area contributed by atoms with E-state index in [1.165, 1.54) is 19.3 Å². The molecule has 3 saturated carbocycles. The first-order valence-corrected chi connectivity index (χ1v) is 19.0. The standard InChI is InChI=1S/C37H53FN6O6/c1-37(2,3)50-36(47)41-21-9-13-43(18-21)32-26(38)15-24-31-34(32)49-30-16-23-22-7-4-5-8-28(22)48-29(23)17-27(30)44(31)19-25(33(24)45)35(46)40-10-6-12-42-14-11-39-20-42/h11,14,19-24,26-32,34H,4-10,12-13,15-18H2,1-3H3,(H,40,46)(H,41,47). The molecule has 2 N–H and O–H groups in total. The van der Waals surface area contributed by atoms with Crippen LogP contribution in [0.15, 0.2) is 30.5 Å². The molecule has 12 unspecified atom stereocenters. The van der Waals surface area contributed by atoms with E-state index in [1.807, 2.05) is 31.5 Å². The largest absolute Gasteiger partial charge is 0.444 e. The number of rotatable bonds is 7. The average molecular weight is 697 g/mol. The maximum Gasteiger partial charge on any atom is 0.407 e. The van der Waals surface area contributed by atoms with Crippen molar-refractivity contribution in [2.45, 2.75) is 145 Å². The van der Waals surface area contributed by atoms with E-state index in [9.17, 15) is 14.4 Å². The van der Waals surface area contributed by atoms with E-state index >= 15 is 4.39 Å². The number of Topliss-reactive ketones (excluding diaryl/α,β-unsaturated/α-hetero) is 1. The summed E-state index contributed by atoms with van der Waals surface area (Å²) in [7, 11) is 0. The van der Waals surface area contributed by atoms with Gasteiger partial charge in [0, 0.05) is 56.7 Å². The molecule has 4 aliphatic heterocycles. The van der Waals surface area contributed by atoms with Crippen LogP contribution in [0.1, 0.15) is 78.6 Å². The third-order valence-corrected chi connectivity index (χ3v) is 12.5. The van der Waals surface area contributed by atoms with Gasteiger partial charge in [-0.25, -0.2) is 14.2 Å². The Morgan fingerprint density at radius 1 is 1.04 bits per heavy atom. The number of morpholine rings is 1. The smallest absolute Gasteiger partial charge is 0.407 e. The van der Waals surface area contributed by atoms with E-state index in [4.69, 9.17) is 14.2 Å². The Morgan fingerprint density at radius 3 is 2.68 bits per heavy atom. The van der Waals surface area contributed by atoms with Crippen molar-refractivity contribution in [3.63, 3.8) is 0 Å². The van der Waals surface area contributed by atoms with Crippen LogP contribution in [-0.2, 0) is 30.3 Å². The van der Waals surface area contributed by atoms with Gasteiger partial charge in [-0.2, -0.15) is 0 Å². The van der Waals surface area contributed by atoms with Gasteiger partial charge in [0.25, 0.3) is 5.91 Å². The molecule has 3 saturated heterocycles. The number of carbonyl (C=O) groups excluding carboxylic acids is 3. The van der Waals surface area contributed by atoms with Crippen molar-refractivity contribution < 1.29 is 33.0 Å². The van der Waals surface area contributed by atoms with Gasteiger partial charge in [0.15, 0.2) is 5.78 Å². The Morgan fingerprint density at radius 2 is 1.88 bits per heavy atom. The highest BCUT2D eigenvalue weighted by atomic mass is 19.1.